The fraction of sp³-hybridized carbons (Fsp3) is 0.115. The number of aryl methyl sites for hydroxylation is 3. The Hall–Kier alpha value is -4.10. The molecule has 1 amide bonds. The molecule has 0 saturated carbocycles. The van der Waals surface area contributed by atoms with Crippen molar-refractivity contribution in [1.82, 2.24) is 24.7 Å². The molecule has 0 spiro atoms. The van der Waals surface area contributed by atoms with E-state index >= 15 is 0 Å². The average molecular weight is 469 g/mol. The van der Waals surface area contributed by atoms with Crippen molar-refractivity contribution in [2.24, 2.45) is 0 Å². The summed E-state index contributed by atoms with van der Waals surface area (Å²) >= 11 is 6.05. The summed E-state index contributed by atoms with van der Waals surface area (Å²) in [7, 11) is 0. The molecule has 3 aromatic heterocycles. The number of pyridine rings is 1. The summed E-state index contributed by atoms with van der Waals surface area (Å²) in [6, 6.07) is 20.4. The van der Waals surface area contributed by atoms with Crippen LogP contribution in [-0.2, 0) is 0 Å². The molecule has 0 unspecified atom stereocenters. The second-order valence-corrected chi connectivity index (χ2v) is 8.50. The van der Waals surface area contributed by atoms with Gasteiger partial charge in [0.1, 0.15) is 5.82 Å². The highest BCUT2D eigenvalue weighted by Crippen LogP contribution is 2.27. The minimum absolute atomic E-state index is 0.278. The number of carbonyl (C=O) groups is 1. The molecular formula is C26H21ClN6O. The number of halogens is 1. The van der Waals surface area contributed by atoms with Crippen LogP contribution in [0.5, 0.6) is 0 Å². The van der Waals surface area contributed by atoms with Crippen molar-refractivity contribution in [2.75, 3.05) is 5.32 Å². The Morgan fingerprint density at radius 1 is 0.853 bits per heavy atom. The topological polar surface area (TPSA) is 85.6 Å². The summed E-state index contributed by atoms with van der Waals surface area (Å²) in [6.45, 7) is 5.65. The summed E-state index contributed by atoms with van der Waals surface area (Å²) < 4.78 is 1.55. The first-order valence-electron chi connectivity index (χ1n) is 10.7. The number of hydrogen-bond donors (Lipinski definition) is 1. The zero-order chi connectivity index (χ0) is 23.8. The maximum Gasteiger partial charge on any atom is 0.257 e. The third-order valence-corrected chi connectivity index (χ3v) is 5.59. The Balaban J connectivity index is 1.58. The smallest absolute Gasteiger partial charge is 0.257 e. The predicted octanol–water partition coefficient (Wildman–Crippen LogP) is 5.71. The van der Waals surface area contributed by atoms with Crippen LogP contribution in [0.2, 0.25) is 5.02 Å². The molecule has 5 rings (SSSR count). The van der Waals surface area contributed by atoms with Crippen LogP contribution in [0.15, 0.2) is 66.7 Å². The molecule has 1 N–H and O–H groups in total. The van der Waals surface area contributed by atoms with Gasteiger partial charge in [0.05, 0.1) is 22.5 Å². The van der Waals surface area contributed by atoms with Crippen molar-refractivity contribution in [3.63, 3.8) is 0 Å². The molecule has 0 aliphatic rings. The zero-order valence-corrected chi connectivity index (χ0v) is 19.6. The number of fused-ring (bicyclic) bond motifs is 1. The van der Waals surface area contributed by atoms with Gasteiger partial charge < -0.3 is 5.32 Å². The van der Waals surface area contributed by atoms with Gasteiger partial charge in [0.25, 0.3) is 11.9 Å². The summed E-state index contributed by atoms with van der Waals surface area (Å²) in [5, 5.41) is 8.89. The van der Waals surface area contributed by atoms with Gasteiger partial charge in [0.2, 0.25) is 0 Å². The highest BCUT2D eigenvalue weighted by molar-refractivity contribution is 6.30. The van der Waals surface area contributed by atoms with Crippen LogP contribution in [0.3, 0.4) is 0 Å². The maximum atomic E-state index is 13.6. The van der Waals surface area contributed by atoms with E-state index < -0.39 is 0 Å². The van der Waals surface area contributed by atoms with Crippen LogP contribution >= 0.6 is 11.6 Å². The molecule has 34 heavy (non-hydrogen) atoms. The summed E-state index contributed by atoms with van der Waals surface area (Å²) in [5.41, 5.74) is 5.15. The van der Waals surface area contributed by atoms with Gasteiger partial charge in [-0.05, 0) is 51.1 Å². The van der Waals surface area contributed by atoms with E-state index in [1.807, 2.05) is 63.2 Å². The number of hydrogen-bond acceptors (Lipinski definition) is 5. The lowest BCUT2D eigenvalue weighted by atomic mass is 10.0. The quantitative estimate of drug-likeness (QED) is 0.365. The van der Waals surface area contributed by atoms with Crippen molar-refractivity contribution in [3.05, 3.63) is 94.4 Å². The number of anilines is 1. The lowest BCUT2D eigenvalue weighted by molar-refractivity contribution is 0.102. The number of nitrogens with one attached hydrogen (secondary N) is 1. The number of para-hydroxylation sites is 1. The molecule has 0 bridgehead atoms. The molecule has 0 aliphatic carbocycles. The Bertz CT molecular complexity index is 1520. The second-order valence-electron chi connectivity index (χ2n) is 8.07. The number of nitrogens with zero attached hydrogens (tertiary/aromatic N) is 5. The Morgan fingerprint density at radius 2 is 1.56 bits per heavy atom. The minimum atomic E-state index is -0.278. The third-order valence-electron chi connectivity index (χ3n) is 5.33. The van der Waals surface area contributed by atoms with Gasteiger partial charge in [0.15, 0.2) is 0 Å². The van der Waals surface area contributed by atoms with Crippen LogP contribution in [0.4, 0.5) is 5.82 Å². The second kappa shape index (κ2) is 8.68. The highest BCUT2D eigenvalue weighted by Gasteiger charge is 2.18. The molecule has 0 fully saturated rings. The molecule has 0 aliphatic heterocycles. The van der Waals surface area contributed by atoms with Crippen LogP contribution in [-0.4, -0.2) is 30.6 Å². The molecule has 3 heterocycles. The van der Waals surface area contributed by atoms with Crippen LogP contribution in [0, 0.1) is 20.8 Å². The molecule has 8 heteroatoms. The molecule has 168 valence electrons. The van der Waals surface area contributed by atoms with Crippen LogP contribution in [0.1, 0.15) is 27.4 Å². The van der Waals surface area contributed by atoms with Gasteiger partial charge in [-0.2, -0.15) is 9.78 Å². The fourth-order valence-corrected chi connectivity index (χ4v) is 3.98. The van der Waals surface area contributed by atoms with Crippen molar-refractivity contribution in [2.45, 2.75) is 20.8 Å². The van der Waals surface area contributed by atoms with E-state index in [9.17, 15) is 4.79 Å². The van der Waals surface area contributed by atoms with Gasteiger partial charge >= 0.3 is 0 Å². The lowest BCUT2D eigenvalue weighted by Gasteiger charge is -2.12. The predicted molar refractivity (Wildman–Crippen MR) is 134 cm³/mol. The van der Waals surface area contributed by atoms with E-state index in [4.69, 9.17) is 16.6 Å². The standard InChI is InChI=1S/C26H21ClN6O/c1-15-12-16(2)29-26(28-15)33-24(13-17(3)32-33)31-25(34)21-14-23(18-8-10-19(27)11-9-18)30-22-7-5-4-6-20(21)22/h4-14H,1-3H3,(H,31,34). The normalized spacial score (nSPS) is 11.1. The molecule has 2 aromatic carbocycles. The summed E-state index contributed by atoms with van der Waals surface area (Å²) in [6.07, 6.45) is 0. The molecule has 5 aromatic rings. The molecule has 0 saturated heterocycles. The van der Waals surface area contributed by atoms with Gasteiger partial charge in [-0.25, -0.2) is 15.0 Å². The van der Waals surface area contributed by atoms with E-state index in [0.29, 0.717) is 28.0 Å². The van der Waals surface area contributed by atoms with Crippen molar-refractivity contribution in [3.8, 4) is 17.2 Å². The van der Waals surface area contributed by atoms with Crippen molar-refractivity contribution >= 4 is 34.2 Å². The monoisotopic (exact) mass is 468 g/mol. The zero-order valence-electron chi connectivity index (χ0n) is 18.9. The van der Waals surface area contributed by atoms with Gasteiger partial charge in [0, 0.05) is 33.4 Å². The number of rotatable bonds is 4. The average Bonchev–Trinajstić information content (AvgIpc) is 3.18. The van der Waals surface area contributed by atoms with E-state index in [1.54, 1.807) is 28.9 Å². The van der Waals surface area contributed by atoms with E-state index in [2.05, 4.69) is 20.4 Å². The maximum absolute atomic E-state index is 13.6. The lowest BCUT2D eigenvalue weighted by Crippen LogP contribution is -2.17. The molecule has 0 atom stereocenters. The number of amides is 1. The highest BCUT2D eigenvalue weighted by atomic mass is 35.5. The number of aromatic nitrogens is 5. The number of carbonyl (C=O) groups excluding carboxylic acids is 1. The Kier molecular flexibility index (Phi) is 5.55. The minimum Gasteiger partial charge on any atom is -0.306 e. The van der Waals surface area contributed by atoms with Crippen molar-refractivity contribution in [1.29, 1.82) is 0 Å². The molecular weight excluding hydrogens is 448 g/mol. The molecule has 7 nitrogen and oxygen atoms in total. The van der Waals surface area contributed by atoms with Crippen molar-refractivity contribution < 1.29 is 4.79 Å². The number of benzene rings is 2. The van der Waals surface area contributed by atoms with Gasteiger partial charge in [-0.1, -0.05) is 41.9 Å². The Morgan fingerprint density at radius 3 is 2.29 bits per heavy atom. The van der Waals surface area contributed by atoms with Crippen LogP contribution < -0.4 is 5.32 Å². The van der Waals surface area contributed by atoms with E-state index in [1.165, 1.54) is 0 Å². The SMILES string of the molecule is Cc1cc(C)nc(-n2nc(C)cc2NC(=O)c2cc(-c3ccc(Cl)cc3)nc3ccccc23)n1. The first kappa shape index (κ1) is 21.7. The first-order valence-corrected chi connectivity index (χ1v) is 11.1. The summed E-state index contributed by atoms with van der Waals surface area (Å²) in [5.74, 6) is 0.614. The van der Waals surface area contributed by atoms with E-state index in [0.717, 1.165) is 33.5 Å². The fourth-order valence-electron chi connectivity index (χ4n) is 3.86. The summed E-state index contributed by atoms with van der Waals surface area (Å²) in [4.78, 5) is 27.3. The first-order chi connectivity index (χ1) is 16.4. The van der Waals surface area contributed by atoms with Gasteiger partial charge in [-0.15, -0.1) is 0 Å². The Labute approximate surface area is 201 Å². The third kappa shape index (κ3) is 4.25. The largest absolute Gasteiger partial charge is 0.306 e. The van der Waals surface area contributed by atoms with E-state index in [-0.39, 0.29) is 5.91 Å². The van der Waals surface area contributed by atoms with Crippen LogP contribution in [0.25, 0.3) is 28.1 Å². The van der Waals surface area contributed by atoms with Gasteiger partial charge in [-0.3, -0.25) is 4.79 Å². The molecule has 0 radical (unpaired) electrons.